The van der Waals surface area contributed by atoms with Crippen molar-refractivity contribution in [1.29, 1.82) is 0 Å². The van der Waals surface area contributed by atoms with Gasteiger partial charge in [-0.05, 0) is 32.6 Å². The largest absolute Gasteiger partial charge is 1.00 e. The van der Waals surface area contributed by atoms with E-state index in [4.69, 9.17) is 16.3 Å². The maximum atomic E-state index is 5.61. The quantitative estimate of drug-likeness (QED) is 0.623. The average Bonchev–Trinajstić information content (AvgIpc) is 2.58. The van der Waals surface area contributed by atoms with Gasteiger partial charge in [0.25, 0.3) is 0 Å². The molecule has 0 unspecified atom stereocenters. The summed E-state index contributed by atoms with van der Waals surface area (Å²) in [6.07, 6.45) is 5.59. The van der Waals surface area contributed by atoms with Crippen molar-refractivity contribution in [3.05, 3.63) is 0 Å². The van der Waals surface area contributed by atoms with Gasteiger partial charge in [-0.25, -0.2) is 0 Å². The monoisotopic (exact) mass is 193 g/mol. The normalized spacial score (nSPS) is 17.2. The first-order valence-electron chi connectivity index (χ1n) is 4.98. The second-order valence-electron chi connectivity index (χ2n) is 3.09. The van der Waals surface area contributed by atoms with Crippen molar-refractivity contribution in [2.45, 2.75) is 39.5 Å². The third-order valence-electron chi connectivity index (χ3n) is 2.10. The highest BCUT2D eigenvalue weighted by molar-refractivity contribution is 6.18. The number of ether oxygens (including phenoxy) is 1. The van der Waals surface area contributed by atoms with Crippen LogP contribution >= 0.6 is 11.6 Å². The zero-order valence-corrected chi connectivity index (χ0v) is 9.07. The lowest BCUT2D eigenvalue weighted by Crippen LogP contribution is -1.91. The maximum absolute atomic E-state index is 5.61. The van der Waals surface area contributed by atoms with E-state index in [0.717, 1.165) is 25.0 Å². The Morgan fingerprint density at radius 3 is 1.92 bits per heavy atom. The van der Waals surface area contributed by atoms with E-state index in [1.165, 1.54) is 25.7 Å². The SMILES string of the molecule is CCOCC.ClCC1CCCC1.[H+]. The van der Waals surface area contributed by atoms with Gasteiger partial charge in [0.15, 0.2) is 0 Å². The van der Waals surface area contributed by atoms with Crippen molar-refractivity contribution in [3.63, 3.8) is 0 Å². The molecule has 0 N–H and O–H groups in total. The summed E-state index contributed by atoms with van der Waals surface area (Å²) >= 11 is 5.61. The fraction of sp³-hybridized carbons (Fsp3) is 1.00. The van der Waals surface area contributed by atoms with Gasteiger partial charge in [-0.15, -0.1) is 11.6 Å². The Labute approximate surface area is 82.9 Å². The van der Waals surface area contributed by atoms with Crippen molar-refractivity contribution in [3.8, 4) is 0 Å². The highest BCUT2D eigenvalue weighted by Crippen LogP contribution is 2.24. The van der Waals surface area contributed by atoms with Gasteiger partial charge in [0.1, 0.15) is 0 Å². The fourth-order valence-corrected chi connectivity index (χ4v) is 1.68. The topological polar surface area (TPSA) is 9.23 Å². The highest BCUT2D eigenvalue weighted by Gasteiger charge is 2.12. The number of alkyl halides is 1. The van der Waals surface area contributed by atoms with E-state index in [9.17, 15) is 0 Å². The Morgan fingerprint density at radius 1 is 1.25 bits per heavy atom. The van der Waals surface area contributed by atoms with Gasteiger partial charge in [-0.2, -0.15) is 0 Å². The average molecular weight is 194 g/mol. The van der Waals surface area contributed by atoms with Crippen molar-refractivity contribution < 1.29 is 6.16 Å². The Bertz CT molecular complexity index is 83.0. The molecule has 1 aliphatic rings. The minimum atomic E-state index is 0. The highest BCUT2D eigenvalue weighted by atomic mass is 35.5. The predicted molar refractivity (Wildman–Crippen MR) is 56.0 cm³/mol. The minimum Gasteiger partial charge on any atom is -0.382 e. The van der Waals surface area contributed by atoms with E-state index in [1.54, 1.807) is 0 Å². The van der Waals surface area contributed by atoms with E-state index < -0.39 is 0 Å². The van der Waals surface area contributed by atoms with Gasteiger partial charge in [-0.3, -0.25) is 0 Å². The molecule has 1 nitrogen and oxygen atoms in total. The number of rotatable bonds is 3. The first-order valence-corrected chi connectivity index (χ1v) is 5.52. The molecule has 1 fully saturated rings. The lowest BCUT2D eigenvalue weighted by Gasteiger charge is -1.97. The second-order valence-corrected chi connectivity index (χ2v) is 3.39. The van der Waals surface area contributed by atoms with E-state index in [0.29, 0.717) is 0 Å². The Hall–Kier alpha value is 0.250. The molecule has 74 valence electrons. The van der Waals surface area contributed by atoms with Crippen molar-refractivity contribution in [2.24, 2.45) is 5.92 Å². The van der Waals surface area contributed by atoms with Crippen LogP contribution in [0.3, 0.4) is 0 Å². The van der Waals surface area contributed by atoms with Crippen LogP contribution in [0.15, 0.2) is 0 Å². The summed E-state index contributed by atoms with van der Waals surface area (Å²) in [5.41, 5.74) is 0. The van der Waals surface area contributed by atoms with Crippen LogP contribution in [0.1, 0.15) is 41.0 Å². The molecule has 0 saturated heterocycles. The molecule has 0 aliphatic heterocycles. The molecule has 0 radical (unpaired) electrons. The van der Waals surface area contributed by atoms with Crippen LogP contribution in [0.4, 0.5) is 0 Å². The number of hydrogen-bond donors (Lipinski definition) is 0. The summed E-state index contributed by atoms with van der Waals surface area (Å²) in [5.74, 6) is 1.75. The molecule has 2 heteroatoms. The van der Waals surface area contributed by atoms with E-state index in [1.807, 2.05) is 13.8 Å². The third-order valence-corrected chi connectivity index (χ3v) is 2.54. The first-order chi connectivity index (χ1) is 5.85. The van der Waals surface area contributed by atoms with Crippen LogP contribution in [0.5, 0.6) is 0 Å². The lowest BCUT2D eigenvalue weighted by molar-refractivity contribution is 0.162. The summed E-state index contributed by atoms with van der Waals surface area (Å²) in [6, 6.07) is 0. The van der Waals surface area contributed by atoms with Gasteiger partial charge >= 0.3 is 1.43 Å². The predicted octanol–water partition coefficient (Wildman–Crippen LogP) is 3.57. The fourth-order valence-electron chi connectivity index (χ4n) is 1.37. The second kappa shape index (κ2) is 9.34. The molecule has 0 atom stereocenters. The van der Waals surface area contributed by atoms with Crippen molar-refractivity contribution in [2.75, 3.05) is 19.1 Å². The summed E-state index contributed by atoms with van der Waals surface area (Å²) < 4.78 is 4.83. The van der Waals surface area contributed by atoms with Crippen LogP contribution in [-0.2, 0) is 4.74 Å². The molecule has 0 bridgehead atoms. The first kappa shape index (κ1) is 12.2. The standard InChI is InChI=1S/C6H11Cl.C4H10O/c7-5-6-3-1-2-4-6;1-3-5-4-2/h6H,1-5H2;3-4H2,1-2H3/p+1. The zero-order valence-electron chi connectivity index (χ0n) is 9.31. The molecule has 1 saturated carbocycles. The molecule has 0 aromatic rings. The molecular weight excluding hydrogens is 172 g/mol. The Kier molecular flexibility index (Phi) is 9.53. The summed E-state index contributed by atoms with van der Waals surface area (Å²) in [6.45, 7) is 5.67. The minimum absolute atomic E-state index is 0. The van der Waals surface area contributed by atoms with Gasteiger partial charge in [-0.1, -0.05) is 12.8 Å². The Balaban J connectivity index is 0. The molecule has 1 rings (SSSR count). The molecule has 0 spiro atoms. The van der Waals surface area contributed by atoms with Crippen LogP contribution < -0.4 is 0 Å². The Morgan fingerprint density at radius 2 is 1.75 bits per heavy atom. The van der Waals surface area contributed by atoms with Gasteiger partial charge in [0.2, 0.25) is 0 Å². The molecule has 12 heavy (non-hydrogen) atoms. The summed E-state index contributed by atoms with van der Waals surface area (Å²) in [4.78, 5) is 0. The molecule has 0 aromatic carbocycles. The van der Waals surface area contributed by atoms with Crippen LogP contribution in [0, 0.1) is 5.92 Å². The molecule has 0 amide bonds. The van der Waals surface area contributed by atoms with E-state index in [2.05, 4.69) is 0 Å². The summed E-state index contributed by atoms with van der Waals surface area (Å²) in [5, 5.41) is 0. The van der Waals surface area contributed by atoms with Crippen LogP contribution in [-0.4, -0.2) is 19.1 Å². The van der Waals surface area contributed by atoms with Crippen LogP contribution in [0.25, 0.3) is 0 Å². The zero-order chi connectivity index (χ0) is 9.23. The third kappa shape index (κ3) is 6.93. The number of halogens is 1. The smallest absolute Gasteiger partial charge is 0.382 e. The molecule has 1 aliphatic carbocycles. The lowest BCUT2D eigenvalue weighted by atomic mass is 10.1. The number of hydrogen-bond acceptors (Lipinski definition) is 1. The van der Waals surface area contributed by atoms with E-state index >= 15 is 0 Å². The molecule has 0 aromatic heterocycles. The van der Waals surface area contributed by atoms with Gasteiger partial charge < -0.3 is 4.74 Å². The van der Waals surface area contributed by atoms with Gasteiger partial charge in [0, 0.05) is 19.1 Å². The maximum Gasteiger partial charge on any atom is 1.00 e. The molecular formula is C10H22ClO+. The molecule has 0 heterocycles. The van der Waals surface area contributed by atoms with E-state index in [-0.39, 0.29) is 1.43 Å². The van der Waals surface area contributed by atoms with Crippen molar-refractivity contribution >= 4 is 11.6 Å². The van der Waals surface area contributed by atoms with Crippen molar-refractivity contribution in [1.82, 2.24) is 0 Å². The van der Waals surface area contributed by atoms with Crippen LogP contribution in [0.2, 0.25) is 0 Å². The van der Waals surface area contributed by atoms with Gasteiger partial charge in [0.05, 0.1) is 0 Å². The summed E-state index contributed by atoms with van der Waals surface area (Å²) in [7, 11) is 0.